The molecular formula is C18H20N2O2. The normalized spacial score (nSPS) is 15.0. The number of nitrogens with two attached hydrogens (primary N) is 1. The molecule has 1 amide bonds. The molecule has 4 heteroatoms. The molecule has 2 aromatic rings. The number of hydrogen-bond donors (Lipinski definition) is 2. The highest BCUT2D eigenvalue weighted by atomic mass is 16.5. The number of rotatable bonds is 4. The smallest absolute Gasteiger partial charge is 0.258 e. The molecule has 0 saturated heterocycles. The summed E-state index contributed by atoms with van der Waals surface area (Å²) < 4.78 is 5.76. The van der Waals surface area contributed by atoms with Gasteiger partial charge in [-0.1, -0.05) is 36.4 Å². The zero-order valence-electron chi connectivity index (χ0n) is 12.6. The van der Waals surface area contributed by atoms with Crippen molar-refractivity contribution in [3.63, 3.8) is 0 Å². The molecule has 0 radical (unpaired) electrons. The van der Waals surface area contributed by atoms with E-state index < -0.39 is 12.0 Å². The molecule has 3 N–H and O–H groups in total. The lowest BCUT2D eigenvalue weighted by molar-refractivity contribution is -0.123. The summed E-state index contributed by atoms with van der Waals surface area (Å²) in [5.74, 6) is 0.231. The van der Waals surface area contributed by atoms with Gasteiger partial charge in [-0.3, -0.25) is 4.79 Å². The molecular weight excluding hydrogens is 276 g/mol. The fourth-order valence-electron chi connectivity index (χ4n) is 2.82. The molecule has 4 nitrogen and oxygen atoms in total. The van der Waals surface area contributed by atoms with Gasteiger partial charge in [-0.2, -0.15) is 0 Å². The average molecular weight is 296 g/mol. The van der Waals surface area contributed by atoms with Crippen molar-refractivity contribution in [2.45, 2.75) is 26.0 Å². The van der Waals surface area contributed by atoms with Crippen molar-refractivity contribution < 1.29 is 9.53 Å². The second-order valence-electron chi connectivity index (χ2n) is 5.53. The lowest BCUT2D eigenvalue weighted by atomic mass is 9.91. The van der Waals surface area contributed by atoms with Gasteiger partial charge in [0.05, 0.1) is 0 Å². The molecule has 22 heavy (non-hydrogen) atoms. The highest BCUT2D eigenvalue weighted by Crippen LogP contribution is 2.35. The van der Waals surface area contributed by atoms with E-state index in [4.69, 9.17) is 10.5 Å². The van der Waals surface area contributed by atoms with Crippen LogP contribution >= 0.6 is 0 Å². The molecule has 0 fully saturated rings. The quantitative estimate of drug-likeness (QED) is 0.909. The van der Waals surface area contributed by atoms with E-state index in [0.29, 0.717) is 5.75 Å². The molecule has 1 aliphatic rings. The lowest BCUT2D eigenvalue weighted by Crippen LogP contribution is -2.30. The first-order chi connectivity index (χ1) is 10.7. The third kappa shape index (κ3) is 2.83. The van der Waals surface area contributed by atoms with E-state index >= 15 is 0 Å². The van der Waals surface area contributed by atoms with Crippen molar-refractivity contribution in [1.82, 2.24) is 5.32 Å². The Bertz CT molecular complexity index is 697. The summed E-state index contributed by atoms with van der Waals surface area (Å²) in [7, 11) is 0. The first-order valence-electron chi connectivity index (χ1n) is 7.53. The number of nitrogens with one attached hydrogen (secondary N) is 1. The van der Waals surface area contributed by atoms with Crippen molar-refractivity contribution >= 4 is 5.91 Å². The van der Waals surface area contributed by atoms with Crippen LogP contribution in [0.15, 0.2) is 42.5 Å². The molecule has 1 atom stereocenters. The first kappa shape index (κ1) is 14.6. The maximum atomic E-state index is 11.3. The summed E-state index contributed by atoms with van der Waals surface area (Å²) in [6, 6.07) is 14.1. The minimum atomic E-state index is -0.651. The van der Waals surface area contributed by atoms with Gasteiger partial charge >= 0.3 is 0 Å². The Morgan fingerprint density at radius 2 is 1.95 bits per heavy atom. The predicted octanol–water partition coefficient (Wildman–Crippen LogP) is 2.25. The van der Waals surface area contributed by atoms with Crippen LogP contribution in [-0.4, -0.2) is 18.6 Å². The molecule has 0 saturated carbocycles. The molecule has 3 rings (SSSR count). The molecule has 0 bridgehead atoms. The number of carbonyl (C=O) groups is 1. The van der Waals surface area contributed by atoms with Gasteiger partial charge in [0.25, 0.3) is 5.91 Å². The summed E-state index contributed by atoms with van der Waals surface area (Å²) in [6.07, 6.45) is 0.341. The molecule has 114 valence electrons. The van der Waals surface area contributed by atoms with E-state index in [1.54, 1.807) is 6.92 Å². The SMILES string of the molecule is C[C@@H](Oc1ccccc1-c1cccc2c1CCNC2)C(N)=O. The Kier molecular flexibility index (Phi) is 4.11. The Morgan fingerprint density at radius 3 is 2.77 bits per heavy atom. The van der Waals surface area contributed by atoms with E-state index in [9.17, 15) is 4.79 Å². The molecule has 0 spiro atoms. The second-order valence-corrected chi connectivity index (χ2v) is 5.53. The van der Waals surface area contributed by atoms with Crippen LogP contribution in [-0.2, 0) is 17.8 Å². The summed E-state index contributed by atoms with van der Waals surface area (Å²) in [5, 5.41) is 3.39. The first-order valence-corrected chi connectivity index (χ1v) is 7.53. The summed E-state index contributed by atoms with van der Waals surface area (Å²) in [5.41, 5.74) is 10.2. The molecule has 0 aromatic heterocycles. The Morgan fingerprint density at radius 1 is 1.18 bits per heavy atom. The number of amides is 1. The summed E-state index contributed by atoms with van der Waals surface area (Å²) in [4.78, 5) is 11.3. The van der Waals surface area contributed by atoms with Crippen molar-refractivity contribution in [3.05, 3.63) is 53.6 Å². The van der Waals surface area contributed by atoms with Crippen LogP contribution < -0.4 is 15.8 Å². The van der Waals surface area contributed by atoms with E-state index in [1.165, 1.54) is 16.7 Å². The third-order valence-corrected chi connectivity index (χ3v) is 4.02. The number of ether oxygens (including phenoxy) is 1. The second kappa shape index (κ2) is 6.20. The highest BCUT2D eigenvalue weighted by Gasteiger charge is 2.18. The fourth-order valence-corrected chi connectivity index (χ4v) is 2.82. The van der Waals surface area contributed by atoms with Gasteiger partial charge in [-0.25, -0.2) is 0 Å². The topological polar surface area (TPSA) is 64.3 Å². The van der Waals surface area contributed by atoms with Crippen LogP contribution in [0.1, 0.15) is 18.1 Å². The highest BCUT2D eigenvalue weighted by molar-refractivity contribution is 5.80. The zero-order valence-corrected chi connectivity index (χ0v) is 12.6. The number of benzene rings is 2. The van der Waals surface area contributed by atoms with Crippen LogP contribution in [0, 0.1) is 0 Å². The van der Waals surface area contributed by atoms with Crippen molar-refractivity contribution in [3.8, 4) is 16.9 Å². The minimum absolute atomic E-state index is 0.464. The van der Waals surface area contributed by atoms with Crippen molar-refractivity contribution in [1.29, 1.82) is 0 Å². The van der Waals surface area contributed by atoms with Gasteiger partial charge in [0.15, 0.2) is 6.10 Å². The monoisotopic (exact) mass is 296 g/mol. The molecule has 1 heterocycles. The fraction of sp³-hybridized carbons (Fsp3) is 0.278. The maximum absolute atomic E-state index is 11.3. The lowest BCUT2D eigenvalue weighted by Gasteiger charge is -2.22. The average Bonchev–Trinajstić information content (AvgIpc) is 2.55. The van der Waals surface area contributed by atoms with Crippen LogP contribution in [0.2, 0.25) is 0 Å². The van der Waals surface area contributed by atoms with Crippen LogP contribution in [0.5, 0.6) is 5.75 Å². The van der Waals surface area contributed by atoms with Gasteiger partial charge in [0.1, 0.15) is 5.75 Å². The minimum Gasteiger partial charge on any atom is -0.480 e. The molecule has 0 aliphatic carbocycles. The number of fused-ring (bicyclic) bond motifs is 1. The zero-order chi connectivity index (χ0) is 15.5. The van der Waals surface area contributed by atoms with Crippen LogP contribution in [0.25, 0.3) is 11.1 Å². The van der Waals surface area contributed by atoms with Gasteiger partial charge < -0.3 is 15.8 Å². The van der Waals surface area contributed by atoms with Crippen molar-refractivity contribution in [2.75, 3.05) is 6.54 Å². The Labute approximate surface area is 130 Å². The van der Waals surface area contributed by atoms with Gasteiger partial charge in [0, 0.05) is 12.1 Å². The van der Waals surface area contributed by atoms with Gasteiger partial charge in [-0.15, -0.1) is 0 Å². The van der Waals surface area contributed by atoms with E-state index in [2.05, 4.69) is 23.5 Å². The van der Waals surface area contributed by atoms with E-state index in [1.807, 2.05) is 24.3 Å². The summed E-state index contributed by atoms with van der Waals surface area (Å²) in [6.45, 7) is 3.54. The summed E-state index contributed by atoms with van der Waals surface area (Å²) >= 11 is 0. The number of carbonyl (C=O) groups excluding carboxylic acids is 1. The standard InChI is InChI=1S/C18H20N2O2/c1-12(18(19)21)22-17-8-3-2-6-16(17)15-7-4-5-13-11-20-10-9-14(13)15/h2-8,12,20H,9-11H2,1H3,(H2,19,21)/t12-/m1/s1. The Balaban J connectivity index is 2.04. The molecule has 0 unspecified atom stereocenters. The number of primary amides is 1. The largest absolute Gasteiger partial charge is 0.480 e. The van der Waals surface area contributed by atoms with Crippen LogP contribution in [0.3, 0.4) is 0 Å². The van der Waals surface area contributed by atoms with E-state index in [-0.39, 0.29) is 0 Å². The number of para-hydroxylation sites is 1. The molecule has 1 aliphatic heterocycles. The van der Waals surface area contributed by atoms with Gasteiger partial charge in [-0.05, 0) is 42.6 Å². The van der Waals surface area contributed by atoms with Crippen LogP contribution in [0.4, 0.5) is 0 Å². The molecule has 2 aromatic carbocycles. The predicted molar refractivity (Wildman–Crippen MR) is 86.6 cm³/mol. The maximum Gasteiger partial charge on any atom is 0.258 e. The number of hydrogen-bond acceptors (Lipinski definition) is 3. The Hall–Kier alpha value is -2.33. The van der Waals surface area contributed by atoms with Crippen molar-refractivity contribution in [2.24, 2.45) is 5.73 Å². The van der Waals surface area contributed by atoms with E-state index in [0.717, 1.165) is 25.1 Å². The van der Waals surface area contributed by atoms with Gasteiger partial charge in [0.2, 0.25) is 0 Å². The third-order valence-electron chi connectivity index (χ3n) is 4.02.